The van der Waals surface area contributed by atoms with Crippen LogP contribution < -0.4 is 0 Å². The molecule has 0 amide bonds. The Labute approximate surface area is 288 Å². The second kappa shape index (κ2) is 11.2. The van der Waals surface area contributed by atoms with Gasteiger partial charge in [-0.15, -0.1) is 0 Å². The van der Waals surface area contributed by atoms with Gasteiger partial charge in [0.1, 0.15) is 11.2 Å². The van der Waals surface area contributed by atoms with Gasteiger partial charge in [0.15, 0.2) is 17.5 Å². The van der Waals surface area contributed by atoms with Gasteiger partial charge in [-0.05, 0) is 74.6 Å². The Morgan fingerprint density at radius 2 is 0.940 bits per heavy atom. The lowest BCUT2D eigenvalue weighted by atomic mass is 9.93. The molecule has 234 valence electrons. The van der Waals surface area contributed by atoms with Crippen molar-refractivity contribution < 1.29 is 4.42 Å². The molecule has 10 aromatic rings. The molecule has 0 atom stereocenters. The Balaban J connectivity index is 1.19. The zero-order valence-corrected chi connectivity index (χ0v) is 27.3. The van der Waals surface area contributed by atoms with Gasteiger partial charge in [-0.3, -0.25) is 0 Å². The normalized spacial score (nSPS) is 11.7. The predicted octanol–water partition coefficient (Wildman–Crippen LogP) is 12.2. The van der Waals surface area contributed by atoms with Crippen LogP contribution in [0.5, 0.6) is 0 Å². The van der Waals surface area contributed by atoms with Crippen molar-refractivity contribution in [1.29, 1.82) is 0 Å². The van der Waals surface area contributed by atoms with Gasteiger partial charge in [0.05, 0.1) is 0 Å². The lowest BCUT2D eigenvalue weighted by Gasteiger charge is -2.13. The summed E-state index contributed by atoms with van der Waals surface area (Å²) in [7, 11) is 0. The van der Waals surface area contributed by atoms with Crippen LogP contribution in [0, 0.1) is 6.92 Å². The van der Waals surface area contributed by atoms with Crippen LogP contribution in [0.3, 0.4) is 0 Å². The highest BCUT2D eigenvalue weighted by Gasteiger charge is 2.19. The smallest absolute Gasteiger partial charge is 0.164 e. The summed E-state index contributed by atoms with van der Waals surface area (Å²) in [6.45, 7) is 2.09. The zero-order valence-electron chi connectivity index (χ0n) is 27.3. The van der Waals surface area contributed by atoms with Crippen LogP contribution in [0.25, 0.3) is 99.5 Å². The van der Waals surface area contributed by atoms with Gasteiger partial charge >= 0.3 is 0 Å². The fourth-order valence-electron chi connectivity index (χ4n) is 7.26. The number of furan rings is 1. The standard InChI is InChI=1S/C46H29N3O/c1-28-17-22-38-40-16-8-15-39(43(40)50-42(38)25-28)37-23-24-41(36-14-7-6-13-35(36)37)46-48-44(33-20-18-29-9-2-4-11-31(29)26-33)47-45(49-46)34-21-19-30-10-3-5-12-32(30)27-34/h2-27H,1H3. The van der Waals surface area contributed by atoms with E-state index in [1.807, 2.05) is 0 Å². The second-order valence-electron chi connectivity index (χ2n) is 12.9. The maximum atomic E-state index is 6.54. The van der Waals surface area contributed by atoms with Crippen molar-refractivity contribution in [3.8, 4) is 45.3 Å². The van der Waals surface area contributed by atoms with Gasteiger partial charge in [0.25, 0.3) is 0 Å². The monoisotopic (exact) mass is 639 g/mol. The van der Waals surface area contributed by atoms with Crippen LogP contribution >= 0.6 is 0 Å². The van der Waals surface area contributed by atoms with Gasteiger partial charge in [-0.25, -0.2) is 15.0 Å². The van der Waals surface area contributed by atoms with Gasteiger partial charge in [-0.2, -0.15) is 0 Å². The molecular formula is C46H29N3O. The zero-order chi connectivity index (χ0) is 33.2. The molecule has 0 aliphatic rings. The Morgan fingerprint density at radius 3 is 1.62 bits per heavy atom. The van der Waals surface area contributed by atoms with E-state index in [1.165, 1.54) is 16.3 Å². The Hall–Kier alpha value is -6.65. The summed E-state index contributed by atoms with van der Waals surface area (Å²) in [5, 5.41) is 9.05. The molecule has 0 bridgehead atoms. The maximum Gasteiger partial charge on any atom is 0.164 e. The minimum atomic E-state index is 0.631. The van der Waals surface area contributed by atoms with Crippen LogP contribution in [-0.2, 0) is 0 Å². The van der Waals surface area contributed by atoms with E-state index in [1.54, 1.807) is 0 Å². The molecule has 50 heavy (non-hydrogen) atoms. The molecule has 0 fully saturated rings. The quantitative estimate of drug-likeness (QED) is 0.192. The van der Waals surface area contributed by atoms with Crippen molar-refractivity contribution in [1.82, 2.24) is 15.0 Å². The van der Waals surface area contributed by atoms with Crippen LogP contribution in [0.2, 0.25) is 0 Å². The highest BCUT2D eigenvalue weighted by Crippen LogP contribution is 2.41. The number of aromatic nitrogens is 3. The molecule has 0 saturated carbocycles. The Kier molecular flexibility index (Phi) is 6.36. The van der Waals surface area contributed by atoms with Crippen LogP contribution in [0.15, 0.2) is 162 Å². The predicted molar refractivity (Wildman–Crippen MR) is 206 cm³/mol. The van der Waals surface area contributed by atoms with E-state index in [9.17, 15) is 0 Å². The number of rotatable bonds is 4. The minimum Gasteiger partial charge on any atom is -0.455 e. The molecule has 0 N–H and O–H groups in total. The Bertz CT molecular complexity index is 2860. The topological polar surface area (TPSA) is 51.8 Å². The van der Waals surface area contributed by atoms with E-state index in [4.69, 9.17) is 19.4 Å². The number of fused-ring (bicyclic) bond motifs is 6. The summed E-state index contributed by atoms with van der Waals surface area (Å²) in [5.74, 6) is 1.91. The number of benzene rings is 8. The summed E-state index contributed by atoms with van der Waals surface area (Å²) in [4.78, 5) is 15.4. The number of hydrogen-bond donors (Lipinski definition) is 0. The first-order valence-corrected chi connectivity index (χ1v) is 16.9. The summed E-state index contributed by atoms with van der Waals surface area (Å²) in [6.07, 6.45) is 0. The fourth-order valence-corrected chi connectivity index (χ4v) is 7.26. The van der Waals surface area contributed by atoms with E-state index in [0.717, 1.165) is 71.3 Å². The summed E-state index contributed by atoms with van der Waals surface area (Å²) >= 11 is 0. The molecule has 0 aliphatic carbocycles. The van der Waals surface area contributed by atoms with Crippen molar-refractivity contribution in [3.05, 3.63) is 163 Å². The van der Waals surface area contributed by atoms with E-state index < -0.39 is 0 Å². The van der Waals surface area contributed by atoms with Gasteiger partial charge in [-0.1, -0.05) is 133 Å². The second-order valence-corrected chi connectivity index (χ2v) is 12.9. The summed E-state index contributed by atoms with van der Waals surface area (Å²) in [6, 6.07) is 55.2. The average Bonchev–Trinajstić information content (AvgIpc) is 3.55. The third-order valence-corrected chi connectivity index (χ3v) is 9.76. The first-order chi connectivity index (χ1) is 24.7. The molecule has 4 nitrogen and oxygen atoms in total. The third-order valence-electron chi connectivity index (χ3n) is 9.76. The lowest BCUT2D eigenvalue weighted by molar-refractivity contribution is 0.669. The van der Waals surface area contributed by atoms with Crippen molar-refractivity contribution in [2.75, 3.05) is 0 Å². The lowest BCUT2D eigenvalue weighted by Crippen LogP contribution is -2.01. The number of aryl methyl sites for hydroxylation is 1. The molecular weight excluding hydrogens is 611 g/mol. The summed E-state index contributed by atoms with van der Waals surface area (Å²) in [5.41, 5.74) is 7.97. The molecule has 0 aliphatic heterocycles. The molecule has 0 unspecified atom stereocenters. The number of hydrogen-bond acceptors (Lipinski definition) is 4. The molecule has 10 rings (SSSR count). The van der Waals surface area contributed by atoms with E-state index in [0.29, 0.717) is 17.5 Å². The van der Waals surface area contributed by atoms with Crippen LogP contribution in [0.1, 0.15) is 5.56 Å². The molecule has 4 heteroatoms. The highest BCUT2D eigenvalue weighted by molar-refractivity contribution is 6.13. The van der Waals surface area contributed by atoms with Gasteiger partial charge < -0.3 is 4.42 Å². The van der Waals surface area contributed by atoms with Crippen molar-refractivity contribution in [3.63, 3.8) is 0 Å². The fraction of sp³-hybridized carbons (Fsp3) is 0.0217. The highest BCUT2D eigenvalue weighted by atomic mass is 16.3. The molecule has 0 saturated heterocycles. The Morgan fingerprint density at radius 1 is 0.380 bits per heavy atom. The van der Waals surface area contributed by atoms with Crippen LogP contribution in [-0.4, -0.2) is 15.0 Å². The first-order valence-electron chi connectivity index (χ1n) is 16.9. The van der Waals surface area contributed by atoms with Gasteiger partial charge in [0.2, 0.25) is 0 Å². The molecule has 8 aromatic carbocycles. The molecule has 2 heterocycles. The van der Waals surface area contributed by atoms with Crippen molar-refractivity contribution in [2.45, 2.75) is 6.92 Å². The van der Waals surface area contributed by atoms with Crippen molar-refractivity contribution in [2.24, 2.45) is 0 Å². The van der Waals surface area contributed by atoms with Crippen molar-refractivity contribution >= 4 is 54.3 Å². The van der Waals surface area contributed by atoms with E-state index >= 15 is 0 Å². The average molecular weight is 640 g/mol. The molecule has 0 radical (unpaired) electrons. The minimum absolute atomic E-state index is 0.631. The first kappa shape index (κ1) is 28.4. The van der Waals surface area contributed by atoms with Gasteiger partial charge in [0, 0.05) is 33.0 Å². The maximum absolute atomic E-state index is 6.54. The van der Waals surface area contributed by atoms with E-state index in [2.05, 4.69) is 165 Å². The van der Waals surface area contributed by atoms with E-state index in [-0.39, 0.29) is 0 Å². The largest absolute Gasteiger partial charge is 0.455 e. The SMILES string of the molecule is Cc1ccc2c(c1)oc1c(-c3ccc(-c4nc(-c5ccc6ccccc6c5)nc(-c5ccc6ccccc6c5)n4)c4ccccc34)cccc12. The molecule has 2 aromatic heterocycles. The third kappa shape index (κ3) is 4.65. The van der Waals surface area contributed by atoms with Crippen LogP contribution in [0.4, 0.5) is 0 Å². The molecule has 0 spiro atoms. The number of para-hydroxylation sites is 1. The summed E-state index contributed by atoms with van der Waals surface area (Å²) < 4.78 is 6.54. The number of nitrogens with zero attached hydrogens (tertiary/aromatic N) is 3.